The molecule has 4 heterocycles. The third-order valence-electron chi connectivity index (χ3n) is 5.63. The molecular formula is C23H28N6O. The lowest BCUT2D eigenvalue weighted by Gasteiger charge is -2.35. The highest BCUT2D eigenvalue weighted by atomic mass is 16.5. The summed E-state index contributed by atoms with van der Waals surface area (Å²) >= 11 is 0. The summed E-state index contributed by atoms with van der Waals surface area (Å²) in [5, 5.41) is 7.24. The van der Waals surface area contributed by atoms with E-state index in [-0.39, 0.29) is 6.04 Å². The number of H-pyrrole nitrogens is 1. The summed E-state index contributed by atoms with van der Waals surface area (Å²) in [4.78, 5) is 16.6. The van der Waals surface area contributed by atoms with Crippen molar-refractivity contribution in [3.05, 3.63) is 58.8 Å². The first-order chi connectivity index (χ1) is 14.5. The second kappa shape index (κ2) is 8.36. The van der Waals surface area contributed by atoms with Crippen molar-refractivity contribution in [1.29, 1.82) is 0 Å². The summed E-state index contributed by atoms with van der Waals surface area (Å²) in [5.41, 5.74) is 7.72. The molecule has 0 unspecified atom stereocenters. The molecule has 1 atom stereocenters. The first-order valence-corrected chi connectivity index (χ1v) is 10.3. The Balaban J connectivity index is 1.94. The Hall–Kier alpha value is -3.06. The van der Waals surface area contributed by atoms with Gasteiger partial charge in [0, 0.05) is 36.7 Å². The van der Waals surface area contributed by atoms with Gasteiger partial charge in [-0.1, -0.05) is 6.07 Å². The standard InChI is InChI=1S/C23H28N6O/c1-14-6-7-18(17(4)26-14)19-12-21(29-10-11-30-13-15(29)2)27-22(16(19)3)23(24-5)20-8-9-25-28-20/h6-9,12,15H,10-11,13H2,1-5H3,(H,25,28)/b24-23-/t15-/m1/s1. The van der Waals surface area contributed by atoms with Crippen LogP contribution >= 0.6 is 0 Å². The van der Waals surface area contributed by atoms with Crippen LogP contribution in [-0.2, 0) is 4.74 Å². The van der Waals surface area contributed by atoms with Crippen LogP contribution in [-0.4, -0.2) is 58.7 Å². The van der Waals surface area contributed by atoms with Crippen molar-refractivity contribution in [1.82, 2.24) is 20.2 Å². The number of pyridine rings is 2. The maximum Gasteiger partial charge on any atom is 0.130 e. The van der Waals surface area contributed by atoms with Crippen LogP contribution in [0.5, 0.6) is 0 Å². The summed E-state index contributed by atoms with van der Waals surface area (Å²) in [5.74, 6) is 0.929. The molecule has 1 fully saturated rings. The molecule has 1 aliphatic rings. The van der Waals surface area contributed by atoms with Crippen molar-refractivity contribution < 1.29 is 4.74 Å². The number of aryl methyl sites for hydroxylation is 2. The Labute approximate surface area is 177 Å². The predicted octanol–water partition coefficient (Wildman–Crippen LogP) is 3.48. The molecule has 0 aliphatic carbocycles. The molecular weight excluding hydrogens is 376 g/mol. The van der Waals surface area contributed by atoms with Gasteiger partial charge in [0.25, 0.3) is 0 Å². The number of nitrogens with zero attached hydrogens (tertiary/aromatic N) is 5. The van der Waals surface area contributed by atoms with E-state index in [9.17, 15) is 0 Å². The van der Waals surface area contributed by atoms with Gasteiger partial charge < -0.3 is 9.64 Å². The number of anilines is 1. The highest BCUT2D eigenvalue weighted by Gasteiger charge is 2.25. The van der Waals surface area contributed by atoms with E-state index >= 15 is 0 Å². The topological polar surface area (TPSA) is 79.3 Å². The zero-order chi connectivity index (χ0) is 21.3. The number of aromatic amines is 1. The minimum absolute atomic E-state index is 0.249. The molecule has 1 saturated heterocycles. The molecule has 7 nitrogen and oxygen atoms in total. The van der Waals surface area contributed by atoms with Gasteiger partial charge in [-0.2, -0.15) is 5.10 Å². The minimum atomic E-state index is 0.249. The Morgan fingerprint density at radius 1 is 1.17 bits per heavy atom. The molecule has 0 aromatic carbocycles. The maximum atomic E-state index is 5.64. The van der Waals surface area contributed by atoms with Gasteiger partial charge in [0.15, 0.2) is 0 Å². The molecule has 7 heteroatoms. The molecule has 0 bridgehead atoms. The zero-order valence-electron chi connectivity index (χ0n) is 18.2. The normalized spacial score (nSPS) is 17.4. The van der Waals surface area contributed by atoms with Crippen molar-refractivity contribution in [2.75, 3.05) is 31.7 Å². The van der Waals surface area contributed by atoms with Crippen molar-refractivity contribution in [2.45, 2.75) is 33.7 Å². The van der Waals surface area contributed by atoms with Crippen LogP contribution in [0.2, 0.25) is 0 Å². The quantitative estimate of drug-likeness (QED) is 0.674. The average molecular weight is 405 g/mol. The third kappa shape index (κ3) is 3.73. The van der Waals surface area contributed by atoms with Crippen LogP contribution < -0.4 is 4.90 Å². The monoisotopic (exact) mass is 404 g/mol. The summed E-state index contributed by atoms with van der Waals surface area (Å²) < 4.78 is 5.64. The Bertz CT molecular complexity index is 1070. The van der Waals surface area contributed by atoms with Crippen LogP contribution in [0.25, 0.3) is 11.1 Å². The van der Waals surface area contributed by atoms with Crippen LogP contribution in [0.15, 0.2) is 35.5 Å². The predicted molar refractivity (Wildman–Crippen MR) is 119 cm³/mol. The second-order valence-electron chi connectivity index (χ2n) is 7.74. The number of ether oxygens (including phenoxy) is 1. The lowest BCUT2D eigenvalue weighted by molar-refractivity contribution is 0.0985. The number of aromatic nitrogens is 4. The minimum Gasteiger partial charge on any atom is -0.377 e. The molecule has 1 N–H and O–H groups in total. The maximum absolute atomic E-state index is 5.64. The van der Waals surface area contributed by atoms with E-state index in [1.54, 1.807) is 13.2 Å². The van der Waals surface area contributed by atoms with Crippen LogP contribution in [0.4, 0.5) is 5.82 Å². The van der Waals surface area contributed by atoms with E-state index in [1.165, 1.54) is 0 Å². The molecule has 0 radical (unpaired) electrons. The van der Waals surface area contributed by atoms with E-state index < -0.39 is 0 Å². The molecule has 0 amide bonds. The highest BCUT2D eigenvalue weighted by molar-refractivity contribution is 6.12. The average Bonchev–Trinajstić information content (AvgIpc) is 3.25. The molecule has 0 spiro atoms. The second-order valence-corrected chi connectivity index (χ2v) is 7.74. The van der Waals surface area contributed by atoms with E-state index in [2.05, 4.69) is 59.1 Å². The first-order valence-electron chi connectivity index (χ1n) is 10.3. The van der Waals surface area contributed by atoms with Gasteiger partial charge in [-0.3, -0.25) is 15.1 Å². The van der Waals surface area contributed by atoms with Crippen molar-refractivity contribution >= 4 is 11.5 Å². The van der Waals surface area contributed by atoms with Gasteiger partial charge in [-0.15, -0.1) is 0 Å². The largest absolute Gasteiger partial charge is 0.377 e. The van der Waals surface area contributed by atoms with Crippen molar-refractivity contribution in [3.63, 3.8) is 0 Å². The molecule has 3 aromatic heterocycles. The van der Waals surface area contributed by atoms with Crippen molar-refractivity contribution in [2.24, 2.45) is 4.99 Å². The molecule has 156 valence electrons. The van der Waals surface area contributed by atoms with Crippen LogP contribution in [0.3, 0.4) is 0 Å². The van der Waals surface area contributed by atoms with Gasteiger partial charge in [-0.25, -0.2) is 4.98 Å². The van der Waals surface area contributed by atoms with E-state index in [0.29, 0.717) is 13.2 Å². The number of morpholine rings is 1. The lowest BCUT2D eigenvalue weighted by atomic mass is 9.95. The number of nitrogens with one attached hydrogen (secondary N) is 1. The number of aliphatic imine (C=N–C) groups is 1. The van der Waals surface area contributed by atoms with Gasteiger partial charge in [0.1, 0.15) is 17.2 Å². The number of rotatable bonds is 4. The number of hydrogen-bond donors (Lipinski definition) is 1. The Morgan fingerprint density at radius 3 is 2.67 bits per heavy atom. The fourth-order valence-corrected chi connectivity index (χ4v) is 4.03. The third-order valence-corrected chi connectivity index (χ3v) is 5.63. The van der Waals surface area contributed by atoms with Gasteiger partial charge in [0.05, 0.1) is 24.9 Å². The van der Waals surface area contributed by atoms with Crippen LogP contribution in [0, 0.1) is 20.8 Å². The summed E-state index contributed by atoms with van der Waals surface area (Å²) in [6.45, 7) is 10.5. The SMILES string of the molecule is C/N=C(/c1cc[nH]n1)c1nc(N2CCOC[C@H]2C)cc(-c2ccc(C)nc2C)c1C. The van der Waals surface area contributed by atoms with Gasteiger partial charge in [0.2, 0.25) is 0 Å². The van der Waals surface area contributed by atoms with Gasteiger partial charge >= 0.3 is 0 Å². The lowest BCUT2D eigenvalue weighted by Crippen LogP contribution is -2.44. The number of hydrogen-bond acceptors (Lipinski definition) is 6. The zero-order valence-corrected chi connectivity index (χ0v) is 18.2. The molecule has 1 aliphatic heterocycles. The smallest absolute Gasteiger partial charge is 0.130 e. The summed E-state index contributed by atoms with van der Waals surface area (Å²) in [6, 6.07) is 8.55. The summed E-state index contributed by atoms with van der Waals surface area (Å²) in [6.07, 6.45) is 1.80. The summed E-state index contributed by atoms with van der Waals surface area (Å²) in [7, 11) is 1.79. The molecule has 4 rings (SSSR count). The molecule has 3 aromatic rings. The molecule has 0 saturated carbocycles. The fourth-order valence-electron chi connectivity index (χ4n) is 4.03. The fraction of sp³-hybridized carbons (Fsp3) is 0.391. The van der Waals surface area contributed by atoms with E-state index in [4.69, 9.17) is 14.7 Å². The first kappa shape index (κ1) is 20.2. The van der Waals surface area contributed by atoms with E-state index in [0.717, 1.165) is 57.5 Å². The van der Waals surface area contributed by atoms with Crippen LogP contribution in [0.1, 0.15) is 35.3 Å². The Morgan fingerprint density at radius 2 is 2.00 bits per heavy atom. The van der Waals surface area contributed by atoms with Crippen molar-refractivity contribution in [3.8, 4) is 11.1 Å². The van der Waals surface area contributed by atoms with Gasteiger partial charge in [-0.05, 0) is 57.0 Å². The Kier molecular flexibility index (Phi) is 5.63. The highest BCUT2D eigenvalue weighted by Crippen LogP contribution is 2.32. The van der Waals surface area contributed by atoms with E-state index in [1.807, 2.05) is 13.0 Å². The molecule has 30 heavy (non-hydrogen) atoms.